The Labute approximate surface area is 131 Å². The molecule has 0 radical (unpaired) electrons. The molecule has 6 heteroatoms. The first-order valence-electron chi connectivity index (χ1n) is 6.67. The van der Waals surface area contributed by atoms with Crippen molar-refractivity contribution in [3.05, 3.63) is 35.9 Å². The predicted molar refractivity (Wildman–Crippen MR) is 82.7 cm³/mol. The van der Waals surface area contributed by atoms with Crippen molar-refractivity contribution in [2.45, 2.75) is 32.4 Å². The molecule has 21 heavy (non-hydrogen) atoms. The highest BCUT2D eigenvalue weighted by molar-refractivity contribution is 5.98. The van der Waals surface area contributed by atoms with E-state index in [4.69, 9.17) is 9.84 Å². The summed E-state index contributed by atoms with van der Waals surface area (Å²) in [7, 11) is 0. The summed E-state index contributed by atoms with van der Waals surface area (Å²) in [5.41, 5.74) is 0.556. The van der Waals surface area contributed by atoms with Gasteiger partial charge in [-0.05, 0) is 13.8 Å². The molecule has 1 atom stereocenters. The third kappa shape index (κ3) is 7.22. The first-order chi connectivity index (χ1) is 9.54. The van der Waals surface area contributed by atoms with E-state index in [0.717, 1.165) is 0 Å². The molecule has 1 unspecified atom stereocenters. The lowest BCUT2D eigenvalue weighted by atomic mass is 10.0. The lowest BCUT2D eigenvalue weighted by Crippen LogP contribution is -2.42. The molecular formula is C15H22ClNO4. The summed E-state index contributed by atoms with van der Waals surface area (Å²) in [6.45, 7) is 3.63. The largest absolute Gasteiger partial charge is 0.462 e. The molecule has 0 amide bonds. The zero-order chi connectivity index (χ0) is 15.0. The third-order valence-corrected chi connectivity index (χ3v) is 2.62. The topological polar surface area (TPSA) is 75.6 Å². The number of ketones is 1. The van der Waals surface area contributed by atoms with Crippen LogP contribution in [0.25, 0.3) is 0 Å². The number of carbonyl (C=O) groups excluding carboxylic acids is 2. The maximum Gasteiger partial charge on any atom is 0.323 e. The summed E-state index contributed by atoms with van der Waals surface area (Å²) in [5.74, 6) is -0.612. The van der Waals surface area contributed by atoms with E-state index in [1.807, 2.05) is 6.07 Å². The maximum atomic E-state index is 12.1. The average Bonchev–Trinajstić information content (AvgIpc) is 2.43. The van der Waals surface area contributed by atoms with Gasteiger partial charge in [0.1, 0.15) is 6.04 Å². The quantitative estimate of drug-likeness (QED) is 0.563. The zero-order valence-corrected chi connectivity index (χ0v) is 13.1. The van der Waals surface area contributed by atoms with Gasteiger partial charge in [-0.2, -0.15) is 0 Å². The predicted octanol–water partition coefficient (Wildman–Crippen LogP) is 1.58. The molecular weight excluding hydrogens is 294 g/mol. The molecule has 0 bridgehead atoms. The number of hydrogen-bond acceptors (Lipinski definition) is 5. The fraction of sp³-hybridized carbons (Fsp3) is 0.467. The Kier molecular flexibility index (Phi) is 9.62. The second kappa shape index (κ2) is 10.3. The van der Waals surface area contributed by atoms with Crippen LogP contribution in [0, 0.1) is 0 Å². The first-order valence-corrected chi connectivity index (χ1v) is 6.67. The van der Waals surface area contributed by atoms with Gasteiger partial charge in [0, 0.05) is 18.5 Å². The van der Waals surface area contributed by atoms with Crippen LogP contribution in [0.5, 0.6) is 0 Å². The number of aliphatic hydroxyl groups is 1. The number of ether oxygens (including phenoxy) is 1. The number of halogens is 1. The molecule has 118 valence electrons. The van der Waals surface area contributed by atoms with Gasteiger partial charge in [0.15, 0.2) is 5.78 Å². The van der Waals surface area contributed by atoms with Crippen LogP contribution >= 0.6 is 12.4 Å². The fourth-order valence-electron chi connectivity index (χ4n) is 1.72. The third-order valence-electron chi connectivity index (χ3n) is 2.62. The van der Waals surface area contributed by atoms with E-state index in [1.165, 1.54) is 0 Å². The maximum absolute atomic E-state index is 12.1. The number of esters is 1. The van der Waals surface area contributed by atoms with Crippen molar-refractivity contribution in [2.75, 3.05) is 13.2 Å². The van der Waals surface area contributed by atoms with Crippen LogP contribution in [0.2, 0.25) is 0 Å². The zero-order valence-electron chi connectivity index (χ0n) is 12.2. The number of aliphatic hydroxyl groups excluding tert-OH is 1. The summed E-state index contributed by atoms with van der Waals surface area (Å²) in [5, 5.41) is 11.7. The molecule has 0 fully saturated rings. The second-order valence-electron chi connectivity index (χ2n) is 4.71. The highest BCUT2D eigenvalue weighted by atomic mass is 35.5. The van der Waals surface area contributed by atoms with Gasteiger partial charge in [-0.3, -0.25) is 9.59 Å². The van der Waals surface area contributed by atoms with Gasteiger partial charge in [0.25, 0.3) is 0 Å². The number of benzene rings is 1. The van der Waals surface area contributed by atoms with Crippen molar-refractivity contribution in [3.63, 3.8) is 0 Å². The van der Waals surface area contributed by atoms with Gasteiger partial charge in [-0.1, -0.05) is 30.3 Å². The first kappa shape index (κ1) is 19.6. The summed E-state index contributed by atoms with van der Waals surface area (Å²) >= 11 is 0. The number of carbonyl (C=O) groups is 2. The van der Waals surface area contributed by atoms with Crippen LogP contribution in [0.4, 0.5) is 0 Å². The minimum atomic E-state index is -0.739. The molecule has 1 aromatic carbocycles. The van der Waals surface area contributed by atoms with E-state index in [1.54, 1.807) is 38.1 Å². The molecule has 1 aromatic rings. The molecule has 2 N–H and O–H groups in total. The van der Waals surface area contributed by atoms with Gasteiger partial charge in [-0.15, -0.1) is 12.4 Å². The van der Waals surface area contributed by atoms with Crippen LogP contribution in [0.1, 0.15) is 30.6 Å². The highest BCUT2D eigenvalue weighted by Crippen LogP contribution is 2.07. The molecule has 1 rings (SSSR count). The van der Waals surface area contributed by atoms with Crippen molar-refractivity contribution in [1.29, 1.82) is 0 Å². The fourth-order valence-corrected chi connectivity index (χ4v) is 1.72. The summed E-state index contributed by atoms with van der Waals surface area (Å²) < 4.78 is 5.11. The smallest absolute Gasteiger partial charge is 0.323 e. The summed E-state index contributed by atoms with van der Waals surface area (Å²) in [4.78, 5) is 24.0. The lowest BCUT2D eigenvalue weighted by Gasteiger charge is -2.18. The molecule has 0 saturated carbocycles. The number of rotatable bonds is 8. The van der Waals surface area contributed by atoms with Crippen LogP contribution in [-0.2, 0) is 9.53 Å². The van der Waals surface area contributed by atoms with E-state index in [-0.39, 0.29) is 43.9 Å². The van der Waals surface area contributed by atoms with E-state index >= 15 is 0 Å². The molecule has 0 saturated heterocycles. The molecule has 0 aliphatic rings. The second-order valence-corrected chi connectivity index (χ2v) is 4.71. The molecule has 0 spiro atoms. The highest BCUT2D eigenvalue weighted by Gasteiger charge is 2.24. The van der Waals surface area contributed by atoms with E-state index < -0.39 is 12.0 Å². The van der Waals surface area contributed by atoms with Gasteiger partial charge in [0.2, 0.25) is 0 Å². The van der Waals surface area contributed by atoms with Gasteiger partial charge in [0.05, 0.1) is 12.7 Å². The minimum absolute atomic E-state index is 0. The molecule has 0 aliphatic carbocycles. The Morgan fingerprint density at radius 2 is 1.86 bits per heavy atom. The number of Topliss-reactive ketones (excluding diaryl/α,β-unsaturated/α-hetero) is 1. The van der Waals surface area contributed by atoms with E-state index in [2.05, 4.69) is 5.32 Å². The molecule has 5 nitrogen and oxygen atoms in total. The van der Waals surface area contributed by atoms with Crippen molar-refractivity contribution < 1.29 is 19.4 Å². The SMILES string of the molecule is CC(C)OC(=O)C(CC(=O)c1ccccc1)NCCO.Cl. The average molecular weight is 316 g/mol. The van der Waals surface area contributed by atoms with Crippen LogP contribution < -0.4 is 5.32 Å². The molecule has 0 heterocycles. The van der Waals surface area contributed by atoms with E-state index in [9.17, 15) is 9.59 Å². The Balaban J connectivity index is 0.00000400. The molecule has 0 aromatic heterocycles. The van der Waals surface area contributed by atoms with Crippen molar-refractivity contribution in [2.24, 2.45) is 0 Å². The monoisotopic (exact) mass is 315 g/mol. The lowest BCUT2D eigenvalue weighted by molar-refractivity contribution is -0.149. The van der Waals surface area contributed by atoms with Crippen molar-refractivity contribution in [3.8, 4) is 0 Å². The van der Waals surface area contributed by atoms with Crippen molar-refractivity contribution in [1.82, 2.24) is 5.32 Å². The standard InChI is InChI=1S/C15H21NO4.ClH/c1-11(2)20-15(19)13(16-8-9-17)10-14(18)12-6-4-3-5-7-12;/h3-7,11,13,16-17H,8-10H2,1-2H3;1H. The Bertz CT molecular complexity index is 437. The number of nitrogens with one attached hydrogen (secondary N) is 1. The number of hydrogen-bond donors (Lipinski definition) is 2. The van der Waals surface area contributed by atoms with Crippen LogP contribution in [0.15, 0.2) is 30.3 Å². The normalized spacial score (nSPS) is 11.6. The summed E-state index contributed by atoms with van der Waals surface area (Å²) in [6.07, 6.45) is -0.233. The minimum Gasteiger partial charge on any atom is -0.462 e. The Morgan fingerprint density at radius 1 is 1.24 bits per heavy atom. The van der Waals surface area contributed by atoms with Crippen LogP contribution in [-0.4, -0.2) is 42.2 Å². The van der Waals surface area contributed by atoms with Gasteiger partial charge < -0.3 is 15.2 Å². The Morgan fingerprint density at radius 3 is 2.38 bits per heavy atom. The molecule has 0 aliphatic heterocycles. The Hall–Kier alpha value is -1.43. The van der Waals surface area contributed by atoms with Crippen molar-refractivity contribution >= 4 is 24.2 Å². The van der Waals surface area contributed by atoms with Gasteiger partial charge >= 0.3 is 5.97 Å². The van der Waals surface area contributed by atoms with Gasteiger partial charge in [-0.25, -0.2) is 0 Å². The van der Waals surface area contributed by atoms with E-state index in [0.29, 0.717) is 5.56 Å². The van der Waals surface area contributed by atoms with Crippen LogP contribution in [0.3, 0.4) is 0 Å². The summed E-state index contributed by atoms with van der Waals surface area (Å²) in [6, 6.07) is 8.05.